The Bertz CT molecular complexity index is 671. The number of carbonyl (C=O) groups is 3. The van der Waals surface area contributed by atoms with Crippen LogP contribution in [0.3, 0.4) is 0 Å². The van der Waals surface area contributed by atoms with Crippen LogP contribution in [0.4, 0.5) is 0 Å². The molecule has 1 N–H and O–H groups in total. The molecule has 0 radical (unpaired) electrons. The molecule has 1 fully saturated rings. The second-order valence-corrected chi connectivity index (χ2v) is 6.82. The lowest BCUT2D eigenvalue weighted by Crippen LogP contribution is -2.43. The van der Waals surface area contributed by atoms with Crippen LogP contribution in [-0.2, 0) is 9.53 Å². The lowest BCUT2D eigenvalue weighted by Gasteiger charge is -2.26. The molecule has 1 aromatic rings. The van der Waals surface area contributed by atoms with E-state index in [2.05, 4.69) is 4.98 Å². The van der Waals surface area contributed by atoms with Crippen LogP contribution in [0.5, 0.6) is 0 Å². The number of hydrogen-bond acceptors (Lipinski definition) is 4. The molecule has 0 aliphatic heterocycles. The molecule has 1 aromatic heterocycles. The molecule has 1 aliphatic rings. The van der Waals surface area contributed by atoms with E-state index in [1.165, 1.54) is 0 Å². The maximum absolute atomic E-state index is 13.0. The van der Waals surface area contributed by atoms with Crippen LogP contribution in [0, 0.1) is 19.8 Å². The van der Waals surface area contributed by atoms with E-state index < -0.39 is 12.0 Å². The Hall–Kier alpha value is -2.11. The van der Waals surface area contributed by atoms with Gasteiger partial charge in [-0.05, 0) is 46.1 Å². The van der Waals surface area contributed by atoms with Gasteiger partial charge in [0.1, 0.15) is 5.69 Å². The fourth-order valence-electron chi connectivity index (χ4n) is 3.56. The largest absolute Gasteiger partial charge is 0.461 e. The van der Waals surface area contributed by atoms with Crippen molar-refractivity contribution in [3.05, 3.63) is 22.5 Å². The molecule has 2 rings (SSSR count). The van der Waals surface area contributed by atoms with Crippen molar-refractivity contribution in [1.29, 1.82) is 0 Å². The first-order chi connectivity index (χ1) is 11.8. The van der Waals surface area contributed by atoms with Gasteiger partial charge in [-0.25, -0.2) is 4.79 Å². The van der Waals surface area contributed by atoms with Crippen LogP contribution in [-0.4, -0.2) is 47.2 Å². The Morgan fingerprint density at radius 3 is 2.40 bits per heavy atom. The Kier molecular flexibility index (Phi) is 6.03. The van der Waals surface area contributed by atoms with E-state index in [-0.39, 0.29) is 24.2 Å². The van der Waals surface area contributed by atoms with E-state index in [0.29, 0.717) is 22.5 Å². The molecule has 25 heavy (non-hydrogen) atoms. The molecule has 0 aromatic carbocycles. The number of hydrogen-bond donors (Lipinski definition) is 1. The Morgan fingerprint density at radius 1 is 1.24 bits per heavy atom. The Labute approximate surface area is 148 Å². The summed E-state index contributed by atoms with van der Waals surface area (Å²) < 4.78 is 5.02. The van der Waals surface area contributed by atoms with Gasteiger partial charge in [-0.3, -0.25) is 9.59 Å². The van der Waals surface area contributed by atoms with Crippen molar-refractivity contribution in [2.24, 2.45) is 5.92 Å². The first-order valence-electron chi connectivity index (χ1n) is 8.96. The number of H-pyrrole nitrogens is 1. The van der Waals surface area contributed by atoms with Gasteiger partial charge >= 0.3 is 5.97 Å². The van der Waals surface area contributed by atoms with Crippen molar-refractivity contribution >= 4 is 17.7 Å². The van der Waals surface area contributed by atoms with Crippen molar-refractivity contribution in [3.8, 4) is 0 Å². The number of aryl methyl sites for hydroxylation is 1. The van der Waals surface area contributed by atoms with Gasteiger partial charge in [0.05, 0.1) is 12.6 Å². The number of carbonyl (C=O) groups excluding carboxylic acids is 3. The second kappa shape index (κ2) is 7.85. The summed E-state index contributed by atoms with van der Waals surface area (Å²) in [6, 6.07) is -0.573. The van der Waals surface area contributed by atoms with Crippen molar-refractivity contribution in [2.75, 3.05) is 13.7 Å². The van der Waals surface area contributed by atoms with E-state index in [0.717, 1.165) is 25.7 Å². The highest BCUT2D eigenvalue weighted by Crippen LogP contribution is 2.28. The molecular weight excluding hydrogens is 320 g/mol. The zero-order valence-electron chi connectivity index (χ0n) is 15.8. The minimum absolute atomic E-state index is 0.0313. The molecule has 1 amide bonds. The molecule has 1 aliphatic carbocycles. The van der Waals surface area contributed by atoms with Gasteiger partial charge < -0.3 is 14.6 Å². The minimum Gasteiger partial charge on any atom is -0.461 e. The van der Waals surface area contributed by atoms with Gasteiger partial charge in [-0.1, -0.05) is 12.8 Å². The predicted octanol–water partition coefficient (Wildman–Crippen LogP) is 3.03. The van der Waals surface area contributed by atoms with E-state index >= 15 is 0 Å². The summed E-state index contributed by atoms with van der Waals surface area (Å²) in [6.07, 6.45) is 3.95. The number of aromatic nitrogens is 1. The van der Waals surface area contributed by atoms with Crippen LogP contribution in [0.15, 0.2) is 0 Å². The second-order valence-electron chi connectivity index (χ2n) is 6.82. The summed E-state index contributed by atoms with van der Waals surface area (Å²) >= 11 is 0. The molecule has 1 saturated carbocycles. The summed E-state index contributed by atoms with van der Waals surface area (Å²) in [5.74, 6) is -0.556. The number of aromatic amines is 1. The van der Waals surface area contributed by atoms with Gasteiger partial charge in [0.25, 0.3) is 0 Å². The number of amides is 1. The molecule has 1 heterocycles. The number of ether oxygens (including phenoxy) is 1. The Morgan fingerprint density at radius 2 is 1.84 bits per heavy atom. The molecule has 6 heteroatoms. The molecule has 0 bridgehead atoms. The molecular formula is C19H28N2O4. The van der Waals surface area contributed by atoms with E-state index in [1.54, 1.807) is 39.6 Å². The Balaban J connectivity index is 2.21. The number of ketones is 1. The molecule has 1 atom stereocenters. The molecule has 0 unspecified atom stereocenters. The molecule has 0 spiro atoms. The van der Waals surface area contributed by atoms with Crippen molar-refractivity contribution in [2.45, 2.75) is 59.4 Å². The standard InChI is InChI=1S/C19H28N2O4/c1-6-25-19(24)16-11(2)15(12(3)20-16)17(22)13(4)21(5)18(23)14-9-7-8-10-14/h13-14,20H,6-10H2,1-5H3/t13-/m1/s1. The number of rotatable bonds is 6. The van der Waals surface area contributed by atoms with Crippen LogP contribution in [0.25, 0.3) is 0 Å². The number of Topliss-reactive ketones (excluding diaryl/α,β-unsaturated/α-hetero) is 1. The third-order valence-corrected chi connectivity index (χ3v) is 5.18. The summed E-state index contributed by atoms with van der Waals surface area (Å²) in [5, 5.41) is 0. The molecule has 6 nitrogen and oxygen atoms in total. The maximum Gasteiger partial charge on any atom is 0.355 e. The highest BCUT2D eigenvalue weighted by Gasteiger charge is 2.33. The number of nitrogens with zero attached hydrogens (tertiary/aromatic N) is 1. The summed E-state index contributed by atoms with van der Waals surface area (Å²) in [4.78, 5) is 42.1. The minimum atomic E-state index is -0.573. The van der Waals surface area contributed by atoms with E-state index in [1.807, 2.05) is 0 Å². The third-order valence-electron chi connectivity index (χ3n) is 5.18. The number of likely N-dealkylation sites (N-methyl/N-ethyl adjacent to an activating group) is 1. The van der Waals surface area contributed by atoms with Gasteiger partial charge in [0.2, 0.25) is 5.91 Å². The first kappa shape index (κ1) is 19.2. The number of esters is 1. The van der Waals surface area contributed by atoms with Crippen molar-refractivity contribution in [1.82, 2.24) is 9.88 Å². The van der Waals surface area contributed by atoms with Crippen LogP contribution in [0.1, 0.15) is 71.6 Å². The fourth-order valence-corrected chi connectivity index (χ4v) is 3.56. The van der Waals surface area contributed by atoms with Crippen molar-refractivity contribution < 1.29 is 19.1 Å². The zero-order valence-corrected chi connectivity index (χ0v) is 15.8. The van der Waals surface area contributed by atoms with Crippen LogP contribution >= 0.6 is 0 Å². The van der Waals surface area contributed by atoms with Gasteiger partial charge in [0, 0.05) is 24.2 Å². The maximum atomic E-state index is 13.0. The molecule has 138 valence electrons. The highest BCUT2D eigenvalue weighted by atomic mass is 16.5. The lowest BCUT2D eigenvalue weighted by atomic mass is 9.98. The summed E-state index contributed by atoms with van der Waals surface area (Å²) in [5.41, 5.74) is 1.98. The van der Waals surface area contributed by atoms with E-state index in [4.69, 9.17) is 4.74 Å². The quantitative estimate of drug-likeness (QED) is 0.633. The van der Waals surface area contributed by atoms with Gasteiger partial charge in [0.15, 0.2) is 5.78 Å². The zero-order chi connectivity index (χ0) is 18.7. The van der Waals surface area contributed by atoms with Crippen LogP contribution in [0.2, 0.25) is 0 Å². The lowest BCUT2D eigenvalue weighted by molar-refractivity contribution is -0.135. The fraction of sp³-hybridized carbons (Fsp3) is 0.632. The van der Waals surface area contributed by atoms with Gasteiger partial charge in [-0.15, -0.1) is 0 Å². The number of nitrogens with one attached hydrogen (secondary N) is 1. The SMILES string of the molecule is CCOC(=O)c1[nH]c(C)c(C(=O)[C@@H](C)N(C)C(=O)C2CCCC2)c1C. The summed E-state index contributed by atoms with van der Waals surface area (Å²) in [7, 11) is 1.69. The average Bonchev–Trinajstić information content (AvgIpc) is 3.21. The highest BCUT2D eigenvalue weighted by molar-refractivity contribution is 6.06. The summed E-state index contributed by atoms with van der Waals surface area (Å²) in [6.45, 7) is 7.24. The topological polar surface area (TPSA) is 79.5 Å². The average molecular weight is 348 g/mol. The van der Waals surface area contributed by atoms with E-state index in [9.17, 15) is 14.4 Å². The monoisotopic (exact) mass is 348 g/mol. The smallest absolute Gasteiger partial charge is 0.355 e. The predicted molar refractivity (Wildman–Crippen MR) is 94.7 cm³/mol. The van der Waals surface area contributed by atoms with Gasteiger partial charge in [-0.2, -0.15) is 0 Å². The first-order valence-corrected chi connectivity index (χ1v) is 8.96. The molecule has 0 saturated heterocycles. The third kappa shape index (κ3) is 3.78. The normalized spacial score (nSPS) is 15.9. The van der Waals surface area contributed by atoms with Crippen molar-refractivity contribution in [3.63, 3.8) is 0 Å². The van der Waals surface area contributed by atoms with Crippen LogP contribution < -0.4 is 0 Å².